The van der Waals surface area contributed by atoms with E-state index in [4.69, 9.17) is 14.2 Å². The predicted octanol–water partition coefficient (Wildman–Crippen LogP) is 11.6. The number of aliphatic carboxylic acids is 1. The van der Waals surface area contributed by atoms with Crippen molar-refractivity contribution < 1.29 is 38.2 Å². The first kappa shape index (κ1) is 51.3. The lowest BCUT2D eigenvalue weighted by atomic mass is 10.1. The molecular formula is C46H82NO7+. The monoisotopic (exact) mass is 761 g/mol. The minimum atomic E-state index is -0.881. The van der Waals surface area contributed by atoms with Crippen molar-refractivity contribution in [2.75, 3.05) is 41.0 Å². The van der Waals surface area contributed by atoms with Crippen LogP contribution in [0, 0.1) is 0 Å². The second-order valence-corrected chi connectivity index (χ2v) is 15.7. The molecule has 0 saturated carbocycles. The minimum absolute atomic E-state index is 0.0502. The zero-order chi connectivity index (χ0) is 40.0. The molecule has 0 aliphatic rings. The van der Waals surface area contributed by atoms with E-state index < -0.39 is 18.1 Å². The third kappa shape index (κ3) is 35.0. The average Bonchev–Trinajstić information content (AvgIpc) is 3.12. The van der Waals surface area contributed by atoms with E-state index in [2.05, 4.69) is 62.5 Å². The van der Waals surface area contributed by atoms with E-state index in [0.717, 1.165) is 77.0 Å². The normalized spacial score (nSPS) is 13.4. The van der Waals surface area contributed by atoms with E-state index in [1.165, 1.54) is 64.2 Å². The second kappa shape index (κ2) is 37.2. The molecular weight excluding hydrogens is 679 g/mol. The number of unbranched alkanes of at least 4 members (excludes halogenated alkanes) is 18. The number of nitrogens with zero attached hydrogens (tertiary/aromatic N) is 1. The first-order valence-corrected chi connectivity index (χ1v) is 21.7. The number of quaternary nitrogens is 1. The van der Waals surface area contributed by atoms with Crippen LogP contribution in [0.15, 0.2) is 48.6 Å². The van der Waals surface area contributed by atoms with Gasteiger partial charge < -0.3 is 23.8 Å². The number of ether oxygens (including phenoxy) is 3. The summed E-state index contributed by atoms with van der Waals surface area (Å²) in [7, 11) is 5.51. The number of carbonyl (C=O) groups is 3. The van der Waals surface area contributed by atoms with Crippen molar-refractivity contribution in [2.24, 2.45) is 0 Å². The largest absolute Gasteiger partial charge is 0.477 e. The summed E-state index contributed by atoms with van der Waals surface area (Å²) in [6.07, 6.45) is 42.9. The van der Waals surface area contributed by atoms with E-state index in [0.29, 0.717) is 19.3 Å². The fourth-order valence-electron chi connectivity index (χ4n) is 6.09. The number of allylic oxidation sites excluding steroid dienone is 8. The van der Waals surface area contributed by atoms with Crippen molar-refractivity contribution in [1.29, 1.82) is 0 Å². The van der Waals surface area contributed by atoms with Gasteiger partial charge in [-0.25, -0.2) is 4.79 Å². The molecule has 8 nitrogen and oxygen atoms in total. The molecule has 0 aliphatic carbocycles. The third-order valence-electron chi connectivity index (χ3n) is 9.51. The summed E-state index contributed by atoms with van der Waals surface area (Å²) >= 11 is 0. The van der Waals surface area contributed by atoms with Gasteiger partial charge in [0.1, 0.15) is 6.61 Å². The van der Waals surface area contributed by atoms with Gasteiger partial charge in [-0.3, -0.25) is 9.59 Å². The van der Waals surface area contributed by atoms with Crippen LogP contribution in [-0.2, 0) is 28.6 Å². The van der Waals surface area contributed by atoms with Gasteiger partial charge in [-0.15, -0.1) is 0 Å². The molecule has 312 valence electrons. The Morgan fingerprint density at radius 2 is 1.00 bits per heavy atom. The van der Waals surface area contributed by atoms with Gasteiger partial charge in [0.15, 0.2) is 12.1 Å². The maximum absolute atomic E-state index is 12.7. The highest BCUT2D eigenvalue weighted by Crippen LogP contribution is 2.13. The number of rotatable bonds is 38. The molecule has 0 bridgehead atoms. The van der Waals surface area contributed by atoms with Crippen LogP contribution in [0.1, 0.15) is 174 Å². The van der Waals surface area contributed by atoms with Crippen molar-refractivity contribution in [3.05, 3.63) is 48.6 Å². The van der Waals surface area contributed by atoms with E-state index in [9.17, 15) is 19.5 Å². The Morgan fingerprint density at radius 3 is 1.52 bits per heavy atom. The standard InChI is InChI=1S/C46H81NO7/c1-6-8-10-12-14-16-18-20-21-22-23-24-25-27-28-30-32-34-36-44(48)53-41-42(40-52-39-38-43(46(50)51)47(3,4)5)54-45(49)37-35-33-31-29-26-19-17-15-13-11-9-7-2/h15,17-18,20-24,42-43H,6-14,16,19,25-41H2,1-5H3/p+1/b17-15+,20-18+,22-21+,24-23+. The van der Waals surface area contributed by atoms with Crippen LogP contribution in [0.4, 0.5) is 0 Å². The van der Waals surface area contributed by atoms with Crippen molar-refractivity contribution >= 4 is 17.9 Å². The Balaban J connectivity index is 4.39. The molecule has 54 heavy (non-hydrogen) atoms. The van der Waals surface area contributed by atoms with Crippen molar-refractivity contribution in [2.45, 2.75) is 187 Å². The molecule has 0 amide bonds. The average molecular weight is 761 g/mol. The molecule has 2 atom stereocenters. The zero-order valence-corrected chi connectivity index (χ0v) is 35.4. The summed E-state index contributed by atoms with van der Waals surface area (Å²) in [5.74, 6) is -1.51. The number of carbonyl (C=O) groups excluding carboxylic acids is 2. The lowest BCUT2D eigenvalue weighted by Crippen LogP contribution is -2.50. The number of carboxylic acid groups (broad SMARTS) is 1. The molecule has 0 aliphatic heterocycles. The highest BCUT2D eigenvalue weighted by Gasteiger charge is 2.31. The molecule has 0 heterocycles. The number of carboxylic acids is 1. The third-order valence-corrected chi connectivity index (χ3v) is 9.51. The summed E-state index contributed by atoms with van der Waals surface area (Å²) in [5, 5.41) is 9.60. The summed E-state index contributed by atoms with van der Waals surface area (Å²) in [4.78, 5) is 36.9. The lowest BCUT2D eigenvalue weighted by molar-refractivity contribution is -0.887. The van der Waals surface area contributed by atoms with Crippen LogP contribution in [0.3, 0.4) is 0 Å². The Morgan fingerprint density at radius 1 is 0.556 bits per heavy atom. The second-order valence-electron chi connectivity index (χ2n) is 15.7. The first-order chi connectivity index (χ1) is 26.1. The smallest absolute Gasteiger partial charge is 0.362 e. The molecule has 0 aromatic heterocycles. The van der Waals surface area contributed by atoms with Gasteiger partial charge in [0, 0.05) is 19.3 Å². The van der Waals surface area contributed by atoms with Crippen LogP contribution in [0.2, 0.25) is 0 Å². The Kier molecular flexibility index (Phi) is 35.4. The van der Waals surface area contributed by atoms with Gasteiger partial charge in [-0.05, 0) is 64.2 Å². The topological polar surface area (TPSA) is 99.1 Å². The van der Waals surface area contributed by atoms with E-state index >= 15 is 0 Å². The molecule has 0 fully saturated rings. The Labute approximate surface area is 331 Å². The van der Waals surface area contributed by atoms with Gasteiger partial charge in [-0.2, -0.15) is 0 Å². The number of esters is 2. The maximum atomic E-state index is 12.7. The molecule has 8 heteroatoms. The highest BCUT2D eigenvalue weighted by atomic mass is 16.6. The predicted molar refractivity (Wildman–Crippen MR) is 224 cm³/mol. The van der Waals surface area contributed by atoms with Crippen molar-refractivity contribution in [1.82, 2.24) is 0 Å². The molecule has 1 N–H and O–H groups in total. The van der Waals surface area contributed by atoms with Gasteiger partial charge >= 0.3 is 17.9 Å². The van der Waals surface area contributed by atoms with E-state index in [1.54, 1.807) is 0 Å². The molecule has 0 spiro atoms. The first-order valence-electron chi connectivity index (χ1n) is 21.7. The molecule has 0 aromatic rings. The summed E-state index contributed by atoms with van der Waals surface area (Å²) in [6.45, 7) is 4.66. The van der Waals surface area contributed by atoms with Crippen molar-refractivity contribution in [3.8, 4) is 0 Å². The molecule has 0 rings (SSSR count). The number of likely N-dealkylation sites (N-methyl/N-ethyl adjacent to an activating group) is 1. The SMILES string of the molecule is CCCCC/C=C/CCCCCCCC(=O)OC(COCCC(C(=O)O)[N+](C)(C)C)COC(=O)CCCCCCC/C=C/C=C/C=C/CCCCCCC. The summed E-state index contributed by atoms with van der Waals surface area (Å²) < 4.78 is 17.2. The lowest BCUT2D eigenvalue weighted by Gasteiger charge is -2.31. The van der Waals surface area contributed by atoms with Crippen LogP contribution in [0.25, 0.3) is 0 Å². The van der Waals surface area contributed by atoms with Crippen molar-refractivity contribution in [3.63, 3.8) is 0 Å². The summed E-state index contributed by atoms with van der Waals surface area (Å²) in [6, 6.07) is -0.619. The van der Waals surface area contributed by atoms with E-state index in [1.807, 2.05) is 21.1 Å². The Hall–Kier alpha value is -2.71. The van der Waals surface area contributed by atoms with Gasteiger partial charge in [0.25, 0.3) is 0 Å². The number of hydrogen-bond donors (Lipinski definition) is 1. The van der Waals surface area contributed by atoms with Crippen LogP contribution < -0.4 is 0 Å². The van der Waals surface area contributed by atoms with Crippen LogP contribution in [0.5, 0.6) is 0 Å². The maximum Gasteiger partial charge on any atom is 0.362 e. The molecule has 2 unspecified atom stereocenters. The minimum Gasteiger partial charge on any atom is -0.477 e. The quantitative estimate of drug-likeness (QED) is 0.0220. The highest BCUT2D eigenvalue weighted by molar-refractivity contribution is 5.72. The number of hydrogen-bond acceptors (Lipinski definition) is 6. The van der Waals surface area contributed by atoms with Gasteiger partial charge in [0.2, 0.25) is 0 Å². The Bertz CT molecular complexity index is 1030. The van der Waals surface area contributed by atoms with Gasteiger partial charge in [-0.1, -0.05) is 140 Å². The van der Waals surface area contributed by atoms with Gasteiger partial charge in [0.05, 0.1) is 34.4 Å². The van der Waals surface area contributed by atoms with Crippen LogP contribution in [-0.4, -0.2) is 80.6 Å². The summed E-state index contributed by atoms with van der Waals surface area (Å²) in [5.41, 5.74) is 0. The van der Waals surface area contributed by atoms with Crippen LogP contribution >= 0.6 is 0 Å². The molecule has 0 radical (unpaired) electrons. The molecule has 0 aromatic carbocycles. The van der Waals surface area contributed by atoms with E-state index in [-0.39, 0.29) is 36.2 Å². The fraction of sp³-hybridized carbons (Fsp3) is 0.761. The molecule has 0 saturated heterocycles. The zero-order valence-electron chi connectivity index (χ0n) is 35.4. The fourth-order valence-corrected chi connectivity index (χ4v) is 6.09.